The van der Waals surface area contributed by atoms with Gasteiger partial charge in [-0.2, -0.15) is 0 Å². The number of oxime groups is 1. The summed E-state index contributed by atoms with van der Waals surface area (Å²) in [5, 5.41) is 3.54. The summed E-state index contributed by atoms with van der Waals surface area (Å²) in [7, 11) is 1.34. The van der Waals surface area contributed by atoms with Gasteiger partial charge < -0.3 is 9.25 Å². The minimum absolute atomic E-state index is 0.0169. The lowest BCUT2D eigenvalue weighted by Gasteiger charge is -2.10. The van der Waals surface area contributed by atoms with Gasteiger partial charge in [-0.3, -0.25) is 4.79 Å². The highest BCUT2D eigenvalue weighted by atomic mass is 16.6. The first kappa shape index (κ1) is 10.4. The van der Waals surface area contributed by atoms with Crippen LogP contribution in [0.4, 0.5) is 0 Å². The molecule has 1 aromatic heterocycles. The van der Waals surface area contributed by atoms with E-state index < -0.39 is 11.4 Å². The Balaban J connectivity index is 2.65. The zero-order valence-corrected chi connectivity index (χ0v) is 8.81. The van der Waals surface area contributed by atoms with Crippen LogP contribution >= 0.6 is 0 Å². The van der Waals surface area contributed by atoms with E-state index in [0.29, 0.717) is 11.1 Å². The van der Waals surface area contributed by atoms with Crippen LogP contribution < -0.4 is 5.63 Å². The Bertz CT molecular complexity index is 566. The van der Waals surface area contributed by atoms with Gasteiger partial charge in [0.15, 0.2) is 11.5 Å². The van der Waals surface area contributed by atoms with Crippen LogP contribution in [0.15, 0.2) is 26.5 Å². The van der Waals surface area contributed by atoms with Crippen molar-refractivity contribution in [1.29, 1.82) is 0 Å². The van der Waals surface area contributed by atoms with Crippen LogP contribution in [0, 0.1) is 6.92 Å². The predicted molar refractivity (Wildman–Crippen MR) is 57.5 cm³/mol. The van der Waals surface area contributed by atoms with Gasteiger partial charge in [-0.05, 0) is 24.6 Å². The standard InChI is InChI=1S/C11H9NO4/c1-6-5-9(13)16-11-7(6)3-4-8(10(11)14)12-15-2/h3-5H,1-2H3/b12-8+. The van der Waals surface area contributed by atoms with Gasteiger partial charge in [0.05, 0.1) is 0 Å². The summed E-state index contributed by atoms with van der Waals surface area (Å²) in [6.45, 7) is 1.74. The molecule has 5 nitrogen and oxygen atoms in total. The lowest BCUT2D eigenvalue weighted by atomic mass is 9.98. The molecule has 1 aromatic rings. The summed E-state index contributed by atoms with van der Waals surface area (Å²) in [5.41, 5.74) is 0.882. The molecule has 0 bridgehead atoms. The van der Waals surface area contributed by atoms with Crippen molar-refractivity contribution >= 4 is 17.6 Å². The number of fused-ring (bicyclic) bond motifs is 1. The Labute approximate surface area is 91.0 Å². The number of carbonyl (C=O) groups excluding carboxylic acids is 1. The van der Waals surface area contributed by atoms with E-state index in [1.165, 1.54) is 19.3 Å². The van der Waals surface area contributed by atoms with Gasteiger partial charge in [0.1, 0.15) is 7.11 Å². The molecule has 1 aliphatic carbocycles. The molecule has 1 aliphatic rings. The molecule has 0 N–H and O–H groups in total. The van der Waals surface area contributed by atoms with Gasteiger partial charge in [-0.15, -0.1) is 0 Å². The van der Waals surface area contributed by atoms with Crippen molar-refractivity contribution in [2.45, 2.75) is 6.92 Å². The lowest BCUT2D eigenvalue weighted by molar-refractivity contribution is 0.102. The first-order valence-electron chi connectivity index (χ1n) is 4.62. The predicted octanol–water partition coefficient (Wildman–Crippen LogP) is 1.16. The van der Waals surface area contributed by atoms with Crippen molar-refractivity contribution in [2.24, 2.45) is 5.16 Å². The van der Waals surface area contributed by atoms with Crippen LogP contribution in [0.1, 0.15) is 21.7 Å². The maximum absolute atomic E-state index is 11.8. The Kier molecular flexibility index (Phi) is 2.44. The number of carbonyl (C=O) groups is 1. The van der Waals surface area contributed by atoms with E-state index in [4.69, 9.17) is 4.42 Å². The molecule has 0 amide bonds. The van der Waals surface area contributed by atoms with Crippen molar-refractivity contribution in [3.05, 3.63) is 39.4 Å². The van der Waals surface area contributed by atoms with Crippen molar-refractivity contribution < 1.29 is 14.0 Å². The van der Waals surface area contributed by atoms with Crippen LogP contribution in [0.25, 0.3) is 6.08 Å². The second-order valence-corrected chi connectivity index (χ2v) is 3.31. The average Bonchev–Trinajstić information content (AvgIpc) is 2.23. The van der Waals surface area contributed by atoms with E-state index in [1.807, 2.05) is 0 Å². The smallest absolute Gasteiger partial charge is 0.336 e. The zero-order chi connectivity index (χ0) is 11.7. The Morgan fingerprint density at radius 3 is 2.75 bits per heavy atom. The van der Waals surface area contributed by atoms with Crippen LogP contribution in [0.3, 0.4) is 0 Å². The molecular weight excluding hydrogens is 210 g/mol. The number of rotatable bonds is 1. The van der Waals surface area contributed by atoms with Crippen molar-refractivity contribution in [2.75, 3.05) is 7.11 Å². The van der Waals surface area contributed by atoms with Crippen LogP contribution in [-0.4, -0.2) is 18.6 Å². The molecule has 1 heterocycles. The molecule has 0 aliphatic heterocycles. The van der Waals surface area contributed by atoms with Crippen LogP contribution in [0.5, 0.6) is 0 Å². The average molecular weight is 219 g/mol. The fraction of sp³-hybridized carbons (Fsp3) is 0.182. The molecule has 0 atom stereocenters. The number of nitrogens with zero attached hydrogens (tertiary/aromatic N) is 1. The summed E-state index contributed by atoms with van der Waals surface area (Å²) < 4.78 is 4.88. The third kappa shape index (κ3) is 1.56. The Morgan fingerprint density at radius 1 is 1.31 bits per heavy atom. The second kappa shape index (κ2) is 3.77. The maximum atomic E-state index is 11.8. The Hall–Kier alpha value is -2.17. The van der Waals surface area contributed by atoms with E-state index in [0.717, 1.165) is 0 Å². The van der Waals surface area contributed by atoms with Crippen molar-refractivity contribution in [3.8, 4) is 0 Å². The molecular formula is C11H9NO4. The van der Waals surface area contributed by atoms with E-state index >= 15 is 0 Å². The topological polar surface area (TPSA) is 68.9 Å². The molecule has 0 aromatic carbocycles. The van der Waals surface area contributed by atoms with E-state index in [1.54, 1.807) is 13.0 Å². The monoisotopic (exact) mass is 219 g/mol. The van der Waals surface area contributed by atoms with Gasteiger partial charge in [-0.25, -0.2) is 4.79 Å². The molecule has 0 spiro atoms. The minimum Gasteiger partial charge on any atom is -0.418 e. The first-order valence-corrected chi connectivity index (χ1v) is 4.62. The number of aryl methyl sites for hydroxylation is 1. The van der Waals surface area contributed by atoms with Gasteiger partial charge in [-0.1, -0.05) is 5.16 Å². The van der Waals surface area contributed by atoms with Gasteiger partial charge in [0.2, 0.25) is 0 Å². The number of allylic oxidation sites excluding steroid dienone is 1. The fourth-order valence-electron chi connectivity index (χ4n) is 1.52. The maximum Gasteiger partial charge on any atom is 0.336 e. The highest BCUT2D eigenvalue weighted by Gasteiger charge is 2.24. The second-order valence-electron chi connectivity index (χ2n) is 3.31. The molecule has 0 saturated carbocycles. The van der Waals surface area contributed by atoms with Crippen molar-refractivity contribution in [3.63, 3.8) is 0 Å². The summed E-state index contributed by atoms with van der Waals surface area (Å²) in [6.07, 6.45) is 3.20. The highest BCUT2D eigenvalue weighted by Crippen LogP contribution is 2.19. The van der Waals surface area contributed by atoms with Crippen molar-refractivity contribution in [1.82, 2.24) is 0 Å². The number of ketones is 1. The summed E-state index contributed by atoms with van der Waals surface area (Å²) >= 11 is 0. The fourth-order valence-corrected chi connectivity index (χ4v) is 1.52. The highest BCUT2D eigenvalue weighted by molar-refractivity contribution is 6.51. The summed E-state index contributed by atoms with van der Waals surface area (Å²) in [6, 6.07) is 1.34. The molecule has 82 valence electrons. The number of hydrogen-bond donors (Lipinski definition) is 0. The molecule has 0 unspecified atom stereocenters. The summed E-state index contributed by atoms with van der Waals surface area (Å²) in [4.78, 5) is 27.5. The van der Waals surface area contributed by atoms with E-state index in [9.17, 15) is 9.59 Å². The molecule has 0 radical (unpaired) electrons. The number of Topliss-reactive ketones (excluding diaryl/α,β-unsaturated/α-hetero) is 1. The Morgan fingerprint density at radius 2 is 2.06 bits per heavy atom. The van der Waals surface area contributed by atoms with E-state index in [2.05, 4.69) is 9.99 Å². The molecule has 2 rings (SSSR count). The molecule has 0 fully saturated rings. The van der Waals surface area contributed by atoms with Gasteiger partial charge in [0.25, 0.3) is 5.78 Å². The third-order valence-electron chi connectivity index (χ3n) is 2.24. The third-order valence-corrected chi connectivity index (χ3v) is 2.24. The first-order chi connectivity index (χ1) is 7.63. The largest absolute Gasteiger partial charge is 0.418 e. The van der Waals surface area contributed by atoms with E-state index in [-0.39, 0.29) is 11.5 Å². The minimum atomic E-state index is -0.545. The van der Waals surface area contributed by atoms with Gasteiger partial charge in [0, 0.05) is 11.6 Å². The zero-order valence-electron chi connectivity index (χ0n) is 8.81. The van der Waals surface area contributed by atoms with Crippen LogP contribution in [-0.2, 0) is 4.84 Å². The normalized spacial score (nSPS) is 16.4. The summed E-state index contributed by atoms with van der Waals surface area (Å²) in [5.74, 6) is -0.427. The molecule has 5 heteroatoms. The quantitative estimate of drug-likeness (QED) is 0.664. The number of hydrogen-bond acceptors (Lipinski definition) is 5. The SMILES string of the molecule is CO/N=C1\C=Cc2c(C)cc(=O)oc2C1=O. The lowest BCUT2D eigenvalue weighted by Crippen LogP contribution is -2.20. The van der Waals surface area contributed by atoms with Gasteiger partial charge >= 0.3 is 5.63 Å². The molecule has 16 heavy (non-hydrogen) atoms. The molecule has 0 saturated heterocycles. The van der Waals surface area contributed by atoms with Crippen LogP contribution in [0.2, 0.25) is 0 Å².